The highest BCUT2D eigenvalue weighted by Crippen LogP contribution is 2.15. The highest BCUT2D eigenvalue weighted by Gasteiger charge is 2.37. The number of cyclic esters (lactones) is 1. The highest BCUT2D eigenvalue weighted by molar-refractivity contribution is 7.89. The standard InChI is InChI=1S/C13H14N2O7S/c1-7(16)10-11(12(17)18)15-23(20,21)9-4-2-3-8(5-9)6-22-13(19)14-10/h2-5,10-11,15H,6H2,1H3,(H,14,19)(H,17,18). The zero-order valence-corrected chi connectivity index (χ0v) is 12.8. The van der Waals surface area contributed by atoms with Gasteiger partial charge in [-0.15, -0.1) is 0 Å². The number of aliphatic carboxylic acids is 1. The van der Waals surface area contributed by atoms with E-state index >= 15 is 0 Å². The van der Waals surface area contributed by atoms with E-state index in [1.807, 2.05) is 4.72 Å². The monoisotopic (exact) mass is 342 g/mol. The maximum absolute atomic E-state index is 12.3. The van der Waals surface area contributed by atoms with Crippen molar-refractivity contribution in [1.82, 2.24) is 10.0 Å². The number of rotatable bonds is 2. The van der Waals surface area contributed by atoms with Crippen LogP contribution >= 0.6 is 0 Å². The molecule has 0 aliphatic carbocycles. The molecule has 1 amide bonds. The van der Waals surface area contributed by atoms with E-state index in [4.69, 9.17) is 4.74 Å². The van der Waals surface area contributed by atoms with Gasteiger partial charge in [0, 0.05) is 0 Å². The summed E-state index contributed by atoms with van der Waals surface area (Å²) in [6.07, 6.45) is -1.03. The summed E-state index contributed by atoms with van der Waals surface area (Å²) in [6.45, 7) is 0.812. The largest absolute Gasteiger partial charge is 0.480 e. The Bertz CT molecular complexity index is 759. The van der Waals surface area contributed by atoms with Crippen molar-refractivity contribution < 1.29 is 32.6 Å². The molecule has 3 N–H and O–H groups in total. The maximum Gasteiger partial charge on any atom is 0.408 e. The molecular formula is C13H14N2O7S. The second-order valence-electron chi connectivity index (χ2n) is 4.89. The van der Waals surface area contributed by atoms with Crippen LogP contribution in [0.1, 0.15) is 12.5 Å². The number of fused-ring (bicyclic) bond motifs is 2. The van der Waals surface area contributed by atoms with Gasteiger partial charge in [-0.25, -0.2) is 13.2 Å². The van der Waals surface area contributed by atoms with Crippen LogP contribution in [0.4, 0.5) is 4.79 Å². The second kappa shape index (κ2) is 6.34. The van der Waals surface area contributed by atoms with E-state index in [0.29, 0.717) is 5.56 Å². The number of ether oxygens (including phenoxy) is 1. The van der Waals surface area contributed by atoms with Crippen LogP contribution in [0.2, 0.25) is 0 Å². The first-order valence-electron chi connectivity index (χ1n) is 6.48. The summed E-state index contributed by atoms with van der Waals surface area (Å²) in [5, 5.41) is 11.3. The molecule has 1 aliphatic heterocycles. The van der Waals surface area contributed by atoms with Crippen molar-refractivity contribution in [2.75, 3.05) is 0 Å². The number of carboxylic acid groups (broad SMARTS) is 1. The van der Waals surface area contributed by atoms with Crippen molar-refractivity contribution in [3.05, 3.63) is 29.8 Å². The fourth-order valence-corrected chi connectivity index (χ4v) is 3.31. The first-order valence-corrected chi connectivity index (χ1v) is 7.97. The Labute approximate surface area is 131 Å². The molecule has 2 bridgehead atoms. The SMILES string of the molecule is CC(=O)C1NC(=O)OCc2cccc(c2)S(=O)(=O)NC1C(=O)O. The molecule has 124 valence electrons. The predicted octanol–water partition coefficient (Wildman–Crippen LogP) is -0.385. The summed E-state index contributed by atoms with van der Waals surface area (Å²) in [7, 11) is -4.21. The number of sulfonamides is 1. The summed E-state index contributed by atoms with van der Waals surface area (Å²) in [5.74, 6) is -2.34. The van der Waals surface area contributed by atoms with Gasteiger partial charge in [0.1, 0.15) is 18.7 Å². The molecule has 1 aromatic rings. The van der Waals surface area contributed by atoms with E-state index < -0.39 is 40.0 Å². The van der Waals surface area contributed by atoms with Crippen molar-refractivity contribution in [1.29, 1.82) is 0 Å². The van der Waals surface area contributed by atoms with E-state index in [2.05, 4.69) is 5.32 Å². The third kappa shape index (κ3) is 3.85. The second-order valence-corrected chi connectivity index (χ2v) is 6.61. The van der Waals surface area contributed by atoms with Gasteiger partial charge in [-0.3, -0.25) is 9.59 Å². The molecule has 1 heterocycles. The molecule has 1 aliphatic rings. The summed E-state index contributed by atoms with van der Waals surface area (Å²) in [6, 6.07) is 2.02. The third-order valence-electron chi connectivity index (χ3n) is 3.17. The van der Waals surface area contributed by atoms with Crippen LogP contribution in [-0.4, -0.2) is 43.5 Å². The number of benzene rings is 1. The van der Waals surface area contributed by atoms with Gasteiger partial charge in [0.05, 0.1) is 4.90 Å². The lowest BCUT2D eigenvalue weighted by atomic mass is 10.1. The zero-order chi connectivity index (χ0) is 17.2. The molecule has 10 heteroatoms. The molecule has 0 radical (unpaired) electrons. The Morgan fingerprint density at radius 1 is 1.30 bits per heavy atom. The van der Waals surface area contributed by atoms with Gasteiger partial charge in [0.15, 0.2) is 5.78 Å². The molecule has 1 aromatic carbocycles. The Balaban J connectivity index is 2.53. The van der Waals surface area contributed by atoms with Crippen molar-refractivity contribution in [2.24, 2.45) is 0 Å². The molecule has 0 fully saturated rings. The molecule has 9 nitrogen and oxygen atoms in total. The topological polar surface area (TPSA) is 139 Å². The molecule has 2 rings (SSSR count). The lowest BCUT2D eigenvalue weighted by Gasteiger charge is -2.22. The first-order chi connectivity index (χ1) is 10.7. The van der Waals surface area contributed by atoms with E-state index in [-0.39, 0.29) is 11.5 Å². The lowest BCUT2D eigenvalue weighted by Crippen LogP contribution is -2.58. The minimum absolute atomic E-state index is 0.193. The molecule has 23 heavy (non-hydrogen) atoms. The van der Waals surface area contributed by atoms with Gasteiger partial charge >= 0.3 is 12.1 Å². The van der Waals surface area contributed by atoms with Crippen LogP contribution < -0.4 is 10.0 Å². The number of carboxylic acids is 1. The van der Waals surface area contributed by atoms with Crippen molar-refractivity contribution >= 4 is 27.9 Å². The smallest absolute Gasteiger partial charge is 0.408 e. The van der Waals surface area contributed by atoms with E-state index in [9.17, 15) is 27.9 Å². The minimum atomic E-state index is -4.21. The summed E-state index contributed by atoms with van der Waals surface area (Å²) in [4.78, 5) is 34.5. The molecule has 2 atom stereocenters. The molecule has 0 saturated carbocycles. The van der Waals surface area contributed by atoms with Gasteiger partial charge in [0.25, 0.3) is 0 Å². The van der Waals surface area contributed by atoms with Crippen LogP contribution in [0.15, 0.2) is 29.2 Å². The molecule has 2 unspecified atom stereocenters. The van der Waals surface area contributed by atoms with E-state index in [1.165, 1.54) is 18.2 Å². The quantitative estimate of drug-likeness (QED) is 0.665. The van der Waals surface area contributed by atoms with Crippen LogP contribution in [0.5, 0.6) is 0 Å². The molecular weight excluding hydrogens is 328 g/mol. The third-order valence-corrected chi connectivity index (χ3v) is 4.61. The van der Waals surface area contributed by atoms with Gasteiger partial charge in [0.2, 0.25) is 10.0 Å². The first kappa shape index (κ1) is 16.9. The summed E-state index contributed by atoms with van der Waals surface area (Å²) < 4.78 is 31.4. The normalized spacial score (nSPS) is 23.8. The number of carbonyl (C=O) groups is 3. The van der Waals surface area contributed by atoms with E-state index in [1.54, 1.807) is 6.07 Å². The number of ketones is 1. The molecule has 0 aromatic heterocycles. The predicted molar refractivity (Wildman–Crippen MR) is 76.0 cm³/mol. The van der Waals surface area contributed by atoms with Crippen LogP contribution in [-0.2, 0) is 31.0 Å². The van der Waals surface area contributed by atoms with Crippen LogP contribution in [0.3, 0.4) is 0 Å². The lowest BCUT2D eigenvalue weighted by molar-refractivity contribution is -0.141. The van der Waals surface area contributed by atoms with Gasteiger partial charge in [-0.1, -0.05) is 12.1 Å². The van der Waals surface area contributed by atoms with Crippen LogP contribution in [0.25, 0.3) is 0 Å². The number of hydrogen-bond donors (Lipinski definition) is 3. The van der Waals surface area contributed by atoms with Crippen molar-refractivity contribution in [3.63, 3.8) is 0 Å². The Hall–Kier alpha value is -2.46. The number of carbonyl (C=O) groups excluding carboxylic acids is 2. The fraction of sp³-hybridized carbons (Fsp3) is 0.308. The average molecular weight is 342 g/mol. The summed E-state index contributed by atoms with van der Waals surface area (Å²) >= 11 is 0. The highest BCUT2D eigenvalue weighted by atomic mass is 32.2. The maximum atomic E-state index is 12.3. The number of nitrogens with one attached hydrogen (secondary N) is 2. The molecule has 0 saturated heterocycles. The summed E-state index contributed by atoms with van der Waals surface area (Å²) in [5.41, 5.74) is 0.399. The fourth-order valence-electron chi connectivity index (χ4n) is 2.04. The molecule has 0 spiro atoms. The van der Waals surface area contributed by atoms with Gasteiger partial charge < -0.3 is 15.2 Å². The Kier molecular flexibility index (Phi) is 4.66. The number of Topliss-reactive ketones (excluding diaryl/α,β-unsaturated/α-hetero) is 1. The Morgan fingerprint density at radius 2 is 2.00 bits per heavy atom. The van der Waals surface area contributed by atoms with Gasteiger partial charge in [-0.2, -0.15) is 4.72 Å². The van der Waals surface area contributed by atoms with E-state index in [0.717, 1.165) is 6.92 Å². The van der Waals surface area contributed by atoms with Crippen molar-refractivity contribution in [2.45, 2.75) is 30.5 Å². The average Bonchev–Trinajstić information content (AvgIpc) is 2.48. The number of amides is 1. The minimum Gasteiger partial charge on any atom is -0.480 e. The van der Waals surface area contributed by atoms with Gasteiger partial charge in [-0.05, 0) is 24.6 Å². The number of alkyl carbamates (subject to hydrolysis) is 1. The van der Waals surface area contributed by atoms with Crippen LogP contribution in [0, 0.1) is 0 Å². The van der Waals surface area contributed by atoms with Crippen molar-refractivity contribution in [3.8, 4) is 0 Å². The Morgan fingerprint density at radius 3 is 2.61 bits per heavy atom. The number of hydrogen-bond acceptors (Lipinski definition) is 6. The zero-order valence-electron chi connectivity index (χ0n) is 12.0.